The molecule has 5 aromatic rings. The Morgan fingerprint density at radius 3 is 2.56 bits per heavy atom. The van der Waals surface area contributed by atoms with Gasteiger partial charge in [-0.2, -0.15) is 0 Å². The summed E-state index contributed by atoms with van der Waals surface area (Å²) in [5, 5.41) is 3.49. The van der Waals surface area contributed by atoms with Crippen molar-refractivity contribution in [2.45, 2.75) is 6.92 Å². The Morgan fingerprint density at radius 1 is 0.920 bits per heavy atom. The quantitative estimate of drug-likeness (QED) is 0.223. The van der Waals surface area contributed by atoms with E-state index in [0.29, 0.717) is 0 Å². The molecule has 2 aromatic heterocycles. The van der Waals surface area contributed by atoms with Crippen molar-refractivity contribution in [1.29, 1.82) is 0 Å². The summed E-state index contributed by atoms with van der Waals surface area (Å²) >= 11 is 0. The van der Waals surface area contributed by atoms with Crippen molar-refractivity contribution in [3.05, 3.63) is 84.7 Å². The molecular formula is C22H15IrN2-. The Bertz CT molecular complexity index is 1200. The molecule has 2 heterocycles. The third kappa shape index (κ3) is 2.39. The third-order valence-corrected chi connectivity index (χ3v) is 4.65. The van der Waals surface area contributed by atoms with Crippen LogP contribution in [0.4, 0.5) is 0 Å². The van der Waals surface area contributed by atoms with Crippen LogP contribution in [0.2, 0.25) is 0 Å². The number of benzene rings is 3. The molecule has 3 heteroatoms. The van der Waals surface area contributed by atoms with E-state index in [4.69, 9.17) is 0 Å². The fourth-order valence-electron chi connectivity index (χ4n) is 3.50. The second-order valence-electron chi connectivity index (χ2n) is 6.15. The molecular weight excluding hydrogens is 484 g/mol. The number of nitrogens with zero attached hydrogens (tertiary/aromatic N) is 2. The summed E-state index contributed by atoms with van der Waals surface area (Å²) < 4.78 is 2.18. The number of aryl methyl sites for hydroxylation is 1. The standard InChI is InChI=1S/C22H15N2.Ir/c1-15-9-11-16(12-10-15)17-7-4-8-19-18-5-2-3-6-20(18)22-23-13-14-24(22)21(17)19;/h2-5,7-14H,1H3;/q-1;. The van der Waals surface area contributed by atoms with E-state index >= 15 is 0 Å². The molecule has 0 fully saturated rings. The minimum Gasteiger partial charge on any atom is -0.340 e. The van der Waals surface area contributed by atoms with E-state index in [2.05, 4.69) is 70.9 Å². The molecule has 25 heavy (non-hydrogen) atoms. The zero-order valence-corrected chi connectivity index (χ0v) is 16.1. The van der Waals surface area contributed by atoms with Crippen molar-refractivity contribution in [2.75, 3.05) is 0 Å². The van der Waals surface area contributed by atoms with Gasteiger partial charge in [0.25, 0.3) is 0 Å². The molecule has 0 atom stereocenters. The van der Waals surface area contributed by atoms with Crippen molar-refractivity contribution >= 4 is 27.3 Å². The van der Waals surface area contributed by atoms with Crippen molar-refractivity contribution in [3.8, 4) is 11.1 Å². The van der Waals surface area contributed by atoms with Crippen LogP contribution in [-0.2, 0) is 20.1 Å². The number of imidazole rings is 1. The Kier molecular flexibility index (Phi) is 3.91. The maximum atomic E-state index is 4.58. The molecule has 1 radical (unpaired) electrons. The van der Waals surface area contributed by atoms with Gasteiger partial charge in [-0.3, -0.25) is 4.98 Å². The molecule has 0 aliphatic carbocycles. The second-order valence-corrected chi connectivity index (χ2v) is 6.15. The molecule has 0 aliphatic heterocycles. The molecule has 123 valence electrons. The van der Waals surface area contributed by atoms with Crippen LogP contribution in [-0.4, -0.2) is 9.38 Å². The molecule has 0 bridgehead atoms. The van der Waals surface area contributed by atoms with Crippen molar-refractivity contribution in [3.63, 3.8) is 0 Å². The molecule has 0 saturated carbocycles. The molecule has 2 nitrogen and oxygen atoms in total. The van der Waals surface area contributed by atoms with Gasteiger partial charge in [-0.25, -0.2) is 0 Å². The van der Waals surface area contributed by atoms with Gasteiger partial charge in [-0.1, -0.05) is 53.4 Å². The Hall–Kier alpha value is -2.48. The Morgan fingerprint density at radius 2 is 1.72 bits per heavy atom. The summed E-state index contributed by atoms with van der Waals surface area (Å²) in [5.41, 5.74) is 5.87. The van der Waals surface area contributed by atoms with Crippen LogP contribution in [0, 0.1) is 13.0 Å². The molecule has 0 amide bonds. The summed E-state index contributed by atoms with van der Waals surface area (Å²) in [6.07, 6.45) is 3.90. The number of fused-ring (bicyclic) bond motifs is 6. The monoisotopic (exact) mass is 500 g/mol. The maximum Gasteiger partial charge on any atom is 0.0608 e. The predicted octanol–water partition coefficient (Wildman–Crippen LogP) is 5.41. The number of pyridine rings is 1. The first-order valence-electron chi connectivity index (χ1n) is 8.08. The van der Waals surface area contributed by atoms with E-state index in [1.807, 2.05) is 24.5 Å². The van der Waals surface area contributed by atoms with Crippen molar-refractivity contribution < 1.29 is 20.1 Å². The van der Waals surface area contributed by atoms with Gasteiger partial charge in [-0.05, 0) is 17.9 Å². The minimum atomic E-state index is 0. The molecule has 0 saturated heterocycles. The fourth-order valence-corrected chi connectivity index (χ4v) is 3.50. The number of hydrogen-bond acceptors (Lipinski definition) is 1. The van der Waals surface area contributed by atoms with Crippen LogP contribution in [0.5, 0.6) is 0 Å². The average Bonchev–Trinajstić information content (AvgIpc) is 3.12. The van der Waals surface area contributed by atoms with Gasteiger partial charge < -0.3 is 4.40 Å². The summed E-state index contributed by atoms with van der Waals surface area (Å²) in [6, 6.07) is 24.7. The molecule has 0 N–H and O–H groups in total. The number of rotatable bonds is 1. The van der Waals surface area contributed by atoms with E-state index in [0.717, 1.165) is 11.0 Å². The fraction of sp³-hybridized carbons (Fsp3) is 0.0455. The van der Waals surface area contributed by atoms with E-state index in [9.17, 15) is 0 Å². The SMILES string of the molecule is Cc1ccc(-c2cccc3c4ccc[c-]c4c4nccn4c23)cc1.[Ir]. The maximum absolute atomic E-state index is 4.58. The van der Waals surface area contributed by atoms with E-state index in [1.54, 1.807) is 0 Å². The van der Waals surface area contributed by atoms with Crippen LogP contribution < -0.4 is 0 Å². The van der Waals surface area contributed by atoms with Gasteiger partial charge in [0, 0.05) is 43.6 Å². The van der Waals surface area contributed by atoms with E-state index in [1.165, 1.54) is 33.0 Å². The topological polar surface area (TPSA) is 17.3 Å². The summed E-state index contributed by atoms with van der Waals surface area (Å²) in [4.78, 5) is 4.58. The minimum absolute atomic E-state index is 0. The molecule has 3 aromatic carbocycles. The largest absolute Gasteiger partial charge is 0.340 e. The van der Waals surface area contributed by atoms with Gasteiger partial charge in [0.2, 0.25) is 0 Å². The van der Waals surface area contributed by atoms with Gasteiger partial charge in [-0.15, -0.1) is 29.7 Å². The first-order valence-corrected chi connectivity index (χ1v) is 8.08. The zero-order chi connectivity index (χ0) is 16.1. The molecule has 0 spiro atoms. The third-order valence-electron chi connectivity index (χ3n) is 4.65. The van der Waals surface area contributed by atoms with Gasteiger partial charge >= 0.3 is 0 Å². The number of aromatic nitrogens is 2. The van der Waals surface area contributed by atoms with Crippen LogP contribution in [0.1, 0.15) is 5.56 Å². The van der Waals surface area contributed by atoms with Crippen LogP contribution in [0.15, 0.2) is 73.1 Å². The summed E-state index contributed by atoms with van der Waals surface area (Å²) in [5.74, 6) is 0. The Balaban J connectivity index is 0.00000157. The van der Waals surface area contributed by atoms with E-state index < -0.39 is 0 Å². The molecule has 0 aliphatic rings. The van der Waals surface area contributed by atoms with E-state index in [-0.39, 0.29) is 20.1 Å². The zero-order valence-electron chi connectivity index (χ0n) is 13.7. The summed E-state index contributed by atoms with van der Waals surface area (Å²) in [6.45, 7) is 2.12. The van der Waals surface area contributed by atoms with Gasteiger partial charge in [0.1, 0.15) is 0 Å². The van der Waals surface area contributed by atoms with Crippen LogP contribution in [0.3, 0.4) is 0 Å². The van der Waals surface area contributed by atoms with Crippen molar-refractivity contribution in [2.24, 2.45) is 0 Å². The number of para-hydroxylation sites is 1. The van der Waals surface area contributed by atoms with Crippen LogP contribution in [0.25, 0.3) is 38.4 Å². The van der Waals surface area contributed by atoms with Gasteiger partial charge in [0.05, 0.1) is 5.65 Å². The first-order chi connectivity index (χ1) is 11.8. The predicted molar refractivity (Wildman–Crippen MR) is 99.2 cm³/mol. The smallest absolute Gasteiger partial charge is 0.0608 e. The summed E-state index contributed by atoms with van der Waals surface area (Å²) in [7, 11) is 0. The van der Waals surface area contributed by atoms with Crippen LogP contribution >= 0.6 is 0 Å². The average molecular weight is 500 g/mol. The normalized spacial score (nSPS) is 11.1. The van der Waals surface area contributed by atoms with Crippen molar-refractivity contribution in [1.82, 2.24) is 9.38 Å². The molecule has 5 rings (SSSR count). The first kappa shape index (κ1) is 16.0. The second kappa shape index (κ2) is 6.11. The van der Waals surface area contributed by atoms with Gasteiger partial charge in [0.15, 0.2) is 0 Å². The molecule has 0 unspecified atom stereocenters. The Labute approximate surface area is 159 Å². The number of hydrogen-bond donors (Lipinski definition) is 0.